The van der Waals surface area contributed by atoms with Crippen LogP contribution in [0.5, 0.6) is 0 Å². The van der Waals surface area contributed by atoms with Gasteiger partial charge < -0.3 is 10.8 Å². The molecule has 0 radical (unpaired) electrons. The minimum atomic E-state index is 0.290. The van der Waals surface area contributed by atoms with Crippen molar-refractivity contribution >= 4 is 0 Å². The lowest BCUT2D eigenvalue weighted by molar-refractivity contribution is 0.0676. The first-order valence-corrected chi connectivity index (χ1v) is 6.62. The number of rotatable bonds is 3. The fraction of sp³-hybridized carbons (Fsp3) is 1.00. The van der Waals surface area contributed by atoms with Gasteiger partial charge in [0.15, 0.2) is 0 Å². The second-order valence-corrected chi connectivity index (χ2v) is 5.17. The van der Waals surface area contributed by atoms with Crippen molar-refractivity contribution in [3.05, 3.63) is 0 Å². The minimum Gasteiger partial charge on any atom is -0.395 e. The van der Waals surface area contributed by atoms with Gasteiger partial charge >= 0.3 is 0 Å². The molecule has 0 aromatic rings. The summed E-state index contributed by atoms with van der Waals surface area (Å²) in [6, 6.07) is 1.23. The lowest BCUT2D eigenvalue weighted by Crippen LogP contribution is -2.52. The van der Waals surface area contributed by atoms with Crippen molar-refractivity contribution in [2.75, 3.05) is 39.3 Å². The molecule has 16 heavy (non-hydrogen) atoms. The van der Waals surface area contributed by atoms with Crippen molar-refractivity contribution < 1.29 is 5.11 Å². The Balaban J connectivity index is 1.72. The topological polar surface area (TPSA) is 52.7 Å². The number of β-amino-alcohol motifs (C(OH)–C–C–N with tert-alkyl or cyclic N) is 1. The summed E-state index contributed by atoms with van der Waals surface area (Å²) >= 11 is 0. The number of nitrogens with two attached hydrogens (primary N) is 1. The first-order valence-electron chi connectivity index (χ1n) is 6.62. The Bertz CT molecular complexity index is 196. The maximum Gasteiger partial charge on any atom is 0.0558 e. The molecule has 4 heteroatoms. The van der Waals surface area contributed by atoms with Crippen LogP contribution in [-0.4, -0.2) is 66.3 Å². The van der Waals surface area contributed by atoms with Crippen LogP contribution in [0.2, 0.25) is 0 Å². The van der Waals surface area contributed by atoms with E-state index in [1.54, 1.807) is 0 Å². The SMILES string of the molecule is NC1CCC(N2CCN(CCO)CC2)CC1. The zero-order valence-corrected chi connectivity index (χ0v) is 10.1. The van der Waals surface area contributed by atoms with Gasteiger partial charge in [0.1, 0.15) is 0 Å². The Hall–Kier alpha value is -0.160. The van der Waals surface area contributed by atoms with Gasteiger partial charge in [0.05, 0.1) is 6.61 Å². The fourth-order valence-electron chi connectivity index (χ4n) is 2.96. The van der Waals surface area contributed by atoms with Gasteiger partial charge in [0.2, 0.25) is 0 Å². The second kappa shape index (κ2) is 5.96. The van der Waals surface area contributed by atoms with Gasteiger partial charge in [-0.25, -0.2) is 0 Å². The number of aliphatic hydroxyl groups is 1. The molecule has 0 bridgehead atoms. The van der Waals surface area contributed by atoms with Crippen LogP contribution in [0.25, 0.3) is 0 Å². The Morgan fingerprint density at radius 3 is 2.19 bits per heavy atom. The Kier molecular flexibility index (Phi) is 4.58. The van der Waals surface area contributed by atoms with E-state index >= 15 is 0 Å². The molecule has 1 heterocycles. The summed E-state index contributed by atoms with van der Waals surface area (Å²) in [5.41, 5.74) is 5.93. The van der Waals surface area contributed by atoms with E-state index in [4.69, 9.17) is 10.8 Å². The highest BCUT2D eigenvalue weighted by Crippen LogP contribution is 2.22. The maximum atomic E-state index is 8.89. The van der Waals surface area contributed by atoms with E-state index in [1.807, 2.05) is 0 Å². The first-order chi connectivity index (χ1) is 7.79. The molecule has 0 amide bonds. The molecule has 0 aromatic carbocycles. The van der Waals surface area contributed by atoms with Gasteiger partial charge in [0.25, 0.3) is 0 Å². The number of hydrogen-bond donors (Lipinski definition) is 2. The van der Waals surface area contributed by atoms with Crippen LogP contribution >= 0.6 is 0 Å². The van der Waals surface area contributed by atoms with Gasteiger partial charge in [-0.3, -0.25) is 9.80 Å². The molecule has 2 rings (SSSR count). The third-order valence-electron chi connectivity index (χ3n) is 4.08. The predicted molar refractivity (Wildman–Crippen MR) is 65.3 cm³/mol. The highest BCUT2D eigenvalue weighted by Gasteiger charge is 2.26. The van der Waals surface area contributed by atoms with E-state index in [2.05, 4.69) is 9.80 Å². The molecule has 1 saturated carbocycles. The van der Waals surface area contributed by atoms with Crippen molar-refractivity contribution in [3.8, 4) is 0 Å². The maximum absolute atomic E-state index is 8.89. The zero-order valence-electron chi connectivity index (χ0n) is 10.1. The van der Waals surface area contributed by atoms with Crippen LogP contribution in [0, 0.1) is 0 Å². The zero-order chi connectivity index (χ0) is 11.4. The standard InChI is InChI=1S/C12H25N3O/c13-11-1-3-12(4-2-11)15-7-5-14(6-8-15)9-10-16/h11-12,16H,1-10,13H2. The van der Waals surface area contributed by atoms with Crippen LogP contribution in [0.1, 0.15) is 25.7 Å². The summed E-state index contributed by atoms with van der Waals surface area (Å²) in [5.74, 6) is 0. The van der Waals surface area contributed by atoms with Crippen LogP contribution < -0.4 is 5.73 Å². The average Bonchev–Trinajstić information content (AvgIpc) is 2.32. The van der Waals surface area contributed by atoms with Gasteiger partial charge in [-0.15, -0.1) is 0 Å². The molecule has 2 aliphatic rings. The van der Waals surface area contributed by atoms with Gasteiger partial charge in [0, 0.05) is 44.8 Å². The first kappa shape index (κ1) is 12.3. The van der Waals surface area contributed by atoms with Crippen LogP contribution in [0.3, 0.4) is 0 Å². The molecular weight excluding hydrogens is 202 g/mol. The molecule has 4 nitrogen and oxygen atoms in total. The molecule has 0 unspecified atom stereocenters. The largest absolute Gasteiger partial charge is 0.395 e. The molecule has 3 N–H and O–H groups in total. The van der Waals surface area contributed by atoms with Crippen LogP contribution in [0.15, 0.2) is 0 Å². The molecule has 94 valence electrons. The lowest BCUT2D eigenvalue weighted by atomic mass is 9.90. The average molecular weight is 227 g/mol. The Morgan fingerprint density at radius 2 is 1.62 bits per heavy atom. The van der Waals surface area contributed by atoms with Gasteiger partial charge in [-0.05, 0) is 25.7 Å². The van der Waals surface area contributed by atoms with E-state index in [9.17, 15) is 0 Å². The molecular formula is C12H25N3O. The minimum absolute atomic E-state index is 0.290. The summed E-state index contributed by atoms with van der Waals surface area (Å²) in [6.07, 6.45) is 4.95. The third kappa shape index (κ3) is 3.17. The van der Waals surface area contributed by atoms with E-state index < -0.39 is 0 Å². The van der Waals surface area contributed by atoms with Crippen LogP contribution in [0.4, 0.5) is 0 Å². The number of hydrogen-bond acceptors (Lipinski definition) is 4. The highest BCUT2D eigenvalue weighted by molar-refractivity contribution is 4.84. The van der Waals surface area contributed by atoms with Crippen LogP contribution in [-0.2, 0) is 0 Å². The Morgan fingerprint density at radius 1 is 1.00 bits per heavy atom. The normalized spacial score (nSPS) is 34.1. The summed E-state index contributed by atoms with van der Waals surface area (Å²) in [5, 5.41) is 8.89. The van der Waals surface area contributed by atoms with Crippen molar-refractivity contribution in [1.29, 1.82) is 0 Å². The monoisotopic (exact) mass is 227 g/mol. The fourth-order valence-corrected chi connectivity index (χ4v) is 2.96. The van der Waals surface area contributed by atoms with E-state index in [1.165, 1.54) is 38.8 Å². The van der Waals surface area contributed by atoms with Crippen molar-refractivity contribution in [2.45, 2.75) is 37.8 Å². The molecule has 0 aromatic heterocycles. The third-order valence-corrected chi connectivity index (χ3v) is 4.08. The van der Waals surface area contributed by atoms with Crippen molar-refractivity contribution in [2.24, 2.45) is 5.73 Å². The summed E-state index contributed by atoms with van der Waals surface area (Å²) in [6.45, 7) is 5.69. The van der Waals surface area contributed by atoms with E-state index in [0.717, 1.165) is 25.7 Å². The lowest BCUT2D eigenvalue weighted by Gasteiger charge is -2.41. The van der Waals surface area contributed by atoms with E-state index in [0.29, 0.717) is 6.04 Å². The molecule has 1 saturated heterocycles. The quantitative estimate of drug-likeness (QED) is 0.705. The van der Waals surface area contributed by atoms with Crippen molar-refractivity contribution in [1.82, 2.24) is 9.80 Å². The Labute approximate surface area is 98.4 Å². The summed E-state index contributed by atoms with van der Waals surface area (Å²) < 4.78 is 0. The molecule has 1 aliphatic carbocycles. The van der Waals surface area contributed by atoms with E-state index in [-0.39, 0.29) is 6.61 Å². The van der Waals surface area contributed by atoms with Gasteiger partial charge in [-0.2, -0.15) is 0 Å². The number of nitrogens with zero attached hydrogens (tertiary/aromatic N) is 2. The molecule has 0 spiro atoms. The molecule has 1 aliphatic heterocycles. The second-order valence-electron chi connectivity index (χ2n) is 5.17. The highest BCUT2D eigenvalue weighted by atomic mass is 16.3. The van der Waals surface area contributed by atoms with Crippen molar-refractivity contribution in [3.63, 3.8) is 0 Å². The smallest absolute Gasteiger partial charge is 0.0558 e. The number of piperazine rings is 1. The summed E-state index contributed by atoms with van der Waals surface area (Å²) in [4.78, 5) is 4.98. The predicted octanol–water partition coefficient (Wildman–Crippen LogP) is -0.134. The van der Waals surface area contributed by atoms with Gasteiger partial charge in [-0.1, -0.05) is 0 Å². The number of aliphatic hydroxyl groups excluding tert-OH is 1. The molecule has 2 fully saturated rings. The summed E-state index contributed by atoms with van der Waals surface area (Å²) in [7, 11) is 0. The molecule has 0 atom stereocenters.